The lowest BCUT2D eigenvalue weighted by molar-refractivity contribution is -0.137. The topological polar surface area (TPSA) is 45.2 Å². The highest BCUT2D eigenvalue weighted by Gasteiger charge is 2.26. The van der Waals surface area contributed by atoms with Crippen LogP contribution < -0.4 is 9.47 Å². The van der Waals surface area contributed by atoms with E-state index in [2.05, 4.69) is 27.8 Å². The van der Waals surface area contributed by atoms with Crippen molar-refractivity contribution in [3.05, 3.63) is 23.8 Å². The van der Waals surface area contributed by atoms with Gasteiger partial charge in [0.25, 0.3) is 0 Å². The molecular weight excluding hydrogens is 366 g/mol. The minimum absolute atomic E-state index is 0.210. The normalized spacial score (nSPS) is 20.7. The standard InChI is InChI=1S/C23H35N3O3/c1-24-12-14-25(15-13-24)10-5-11-26(23(27)20-6-3-2-4-7-20)17-19-8-9-21-22(16-19)29-18-28-21/h8-9,16,20H,2-7,10-15,17-18H2,1H3. The lowest BCUT2D eigenvalue weighted by atomic mass is 9.88. The van der Waals surface area contributed by atoms with E-state index in [0.29, 0.717) is 12.5 Å². The molecule has 0 radical (unpaired) electrons. The molecule has 2 fully saturated rings. The van der Waals surface area contributed by atoms with Crippen LogP contribution in [-0.2, 0) is 11.3 Å². The lowest BCUT2D eigenvalue weighted by Crippen LogP contribution is -2.45. The smallest absolute Gasteiger partial charge is 0.231 e. The highest BCUT2D eigenvalue weighted by atomic mass is 16.7. The molecule has 1 saturated carbocycles. The number of amides is 1. The Morgan fingerprint density at radius 1 is 1.07 bits per heavy atom. The molecule has 0 aromatic heterocycles. The van der Waals surface area contributed by atoms with Crippen molar-refractivity contribution < 1.29 is 14.3 Å². The maximum atomic E-state index is 13.3. The van der Waals surface area contributed by atoms with Crippen molar-refractivity contribution in [3.63, 3.8) is 0 Å². The van der Waals surface area contributed by atoms with Gasteiger partial charge in [0.1, 0.15) is 0 Å². The first-order valence-electron chi connectivity index (χ1n) is 11.3. The highest BCUT2D eigenvalue weighted by Crippen LogP contribution is 2.33. The summed E-state index contributed by atoms with van der Waals surface area (Å²) in [5, 5.41) is 0. The Kier molecular flexibility index (Phi) is 6.93. The molecule has 4 rings (SSSR count). The highest BCUT2D eigenvalue weighted by molar-refractivity contribution is 5.79. The van der Waals surface area contributed by atoms with Gasteiger partial charge in [-0.1, -0.05) is 25.3 Å². The average molecular weight is 402 g/mol. The van der Waals surface area contributed by atoms with E-state index in [4.69, 9.17) is 9.47 Å². The van der Waals surface area contributed by atoms with Crippen molar-refractivity contribution in [2.75, 3.05) is 53.1 Å². The van der Waals surface area contributed by atoms with Crippen LogP contribution in [0.25, 0.3) is 0 Å². The van der Waals surface area contributed by atoms with Crippen LogP contribution in [0, 0.1) is 5.92 Å². The number of hydrogen-bond donors (Lipinski definition) is 0. The molecule has 1 amide bonds. The molecule has 6 nitrogen and oxygen atoms in total. The van der Waals surface area contributed by atoms with E-state index in [1.165, 1.54) is 19.3 Å². The minimum atomic E-state index is 0.210. The molecule has 1 saturated heterocycles. The molecule has 6 heteroatoms. The molecule has 2 aliphatic heterocycles. The molecule has 0 N–H and O–H groups in total. The number of benzene rings is 1. The molecule has 0 bridgehead atoms. The van der Waals surface area contributed by atoms with Crippen LogP contribution in [0.15, 0.2) is 18.2 Å². The molecular formula is C23H35N3O3. The zero-order chi connectivity index (χ0) is 20.1. The van der Waals surface area contributed by atoms with Crippen LogP contribution in [-0.4, -0.2) is 73.7 Å². The van der Waals surface area contributed by atoms with E-state index >= 15 is 0 Å². The fourth-order valence-corrected chi connectivity index (χ4v) is 4.69. The van der Waals surface area contributed by atoms with Gasteiger partial charge in [0.05, 0.1) is 0 Å². The number of hydrogen-bond acceptors (Lipinski definition) is 5. The predicted octanol–water partition coefficient (Wildman–Crippen LogP) is 2.96. The Hall–Kier alpha value is -1.79. The molecule has 3 aliphatic rings. The zero-order valence-electron chi connectivity index (χ0n) is 17.8. The van der Waals surface area contributed by atoms with Crippen molar-refractivity contribution in [2.24, 2.45) is 5.92 Å². The summed E-state index contributed by atoms with van der Waals surface area (Å²) < 4.78 is 11.0. The van der Waals surface area contributed by atoms with Crippen molar-refractivity contribution in [3.8, 4) is 11.5 Å². The number of piperazine rings is 1. The Labute approximate surface area is 174 Å². The summed E-state index contributed by atoms with van der Waals surface area (Å²) in [5.74, 6) is 2.15. The number of carbonyl (C=O) groups is 1. The predicted molar refractivity (Wildman–Crippen MR) is 113 cm³/mol. The van der Waals surface area contributed by atoms with Gasteiger partial charge < -0.3 is 24.2 Å². The summed E-state index contributed by atoms with van der Waals surface area (Å²) in [6.45, 7) is 7.40. The monoisotopic (exact) mass is 401 g/mol. The van der Waals surface area contributed by atoms with Gasteiger partial charge in [-0.25, -0.2) is 0 Å². The molecule has 0 spiro atoms. The van der Waals surface area contributed by atoms with Crippen LogP contribution >= 0.6 is 0 Å². The molecule has 160 valence electrons. The first kappa shape index (κ1) is 20.5. The van der Waals surface area contributed by atoms with E-state index in [-0.39, 0.29) is 12.7 Å². The summed E-state index contributed by atoms with van der Waals surface area (Å²) in [4.78, 5) is 20.3. The van der Waals surface area contributed by atoms with E-state index < -0.39 is 0 Å². The fraction of sp³-hybridized carbons (Fsp3) is 0.696. The van der Waals surface area contributed by atoms with E-state index in [0.717, 1.165) is 75.6 Å². The van der Waals surface area contributed by atoms with Crippen molar-refractivity contribution in [1.82, 2.24) is 14.7 Å². The van der Waals surface area contributed by atoms with Gasteiger partial charge in [-0.15, -0.1) is 0 Å². The summed E-state index contributed by atoms with van der Waals surface area (Å²) in [6, 6.07) is 6.06. The quantitative estimate of drug-likeness (QED) is 0.703. The first-order valence-corrected chi connectivity index (χ1v) is 11.3. The number of rotatable bonds is 7. The molecule has 1 aromatic rings. The summed E-state index contributed by atoms with van der Waals surface area (Å²) in [6.07, 6.45) is 6.79. The molecule has 1 aromatic carbocycles. The second-order valence-corrected chi connectivity index (χ2v) is 8.78. The Bertz CT molecular complexity index is 682. The molecule has 1 aliphatic carbocycles. The van der Waals surface area contributed by atoms with Crippen molar-refractivity contribution >= 4 is 5.91 Å². The van der Waals surface area contributed by atoms with Gasteiger partial charge in [0, 0.05) is 45.2 Å². The van der Waals surface area contributed by atoms with Crippen molar-refractivity contribution in [1.29, 1.82) is 0 Å². The fourth-order valence-electron chi connectivity index (χ4n) is 4.69. The van der Waals surface area contributed by atoms with Crippen molar-refractivity contribution in [2.45, 2.75) is 45.1 Å². The SMILES string of the molecule is CN1CCN(CCCN(Cc2ccc3c(c2)OCO3)C(=O)C2CCCCC2)CC1. The Morgan fingerprint density at radius 3 is 2.62 bits per heavy atom. The Morgan fingerprint density at radius 2 is 1.83 bits per heavy atom. The second-order valence-electron chi connectivity index (χ2n) is 8.78. The number of fused-ring (bicyclic) bond motifs is 1. The van der Waals surface area contributed by atoms with Crippen LogP contribution in [0.1, 0.15) is 44.1 Å². The molecule has 0 unspecified atom stereocenters. The largest absolute Gasteiger partial charge is 0.454 e. The third-order valence-corrected chi connectivity index (χ3v) is 6.57. The molecule has 2 heterocycles. The maximum absolute atomic E-state index is 13.3. The zero-order valence-corrected chi connectivity index (χ0v) is 17.8. The van der Waals surface area contributed by atoms with E-state index in [1.807, 2.05) is 12.1 Å². The van der Waals surface area contributed by atoms with Gasteiger partial charge in [-0.2, -0.15) is 0 Å². The minimum Gasteiger partial charge on any atom is -0.454 e. The lowest BCUT2D eigenvalue weighted by Gasteiger charge is -2.33. The van der Waals surface area contributed by atoms with Crippen LogP contribution in [0.3, 0.4) is 0 Å². The average Bonchev–Trinajstić information content (AvgIpc) is 3.22. The van der Waals surface area contributed by atoms with Gasteiger partial charge in [-0.3, -0.25) is 4.79 Å². The molecule has 29 heavy (non-hydrogen) atoms. The number of likely N-dealkylation sites (N-methyl/N-ethyl adjacent to an activating group) is 1. The first-order chi connectivity index (χ1) is 14.2. The van der Waals surface area contributed by atoms with E-state index in [1.54, 1.807) is 0 Å². The number of ether oxygens (including phenoxy) is 2. The third kappa shape index (κ3) is 5.43. The van der Waals surface area contributed by atoms with Crippen LogP contribution in [0.5, 0.6) is 11.5 Å². The van der Waals surface area contributed by atoms with Gasteiger partial charge in [-0.05, 0) is 50.6 Å². The van der Waals surface area contributed by atoms with Gasteiger partial charge in [0.15, 0.2) is 11.5 Å². The Balaban J connectivity index is 1.37. The van der Waals surface area contributed by atoms with Crippen LogP contribution in [0.2, 0.25) is 0 Å². The van der Waals surface area contributed by atoms with E-state index in [9.17, 15) is 4.79 Å². The van der Waals surface area contributed by atoms with Gasteiger partial charge in [0.2, 0.25) is 12.7 Å². The summed E-state index contributed by atoms with van der Waals surface area (Å²) >= 11 is 0. The second kappa shape index (κ2) is 9.81. The summed E-state index contributed by atoms with van der Waals surface area (Å²) in [7, 11) is 2.19. The summed E-state index contributed by atoms with van der Waals surface area (Å²) in [5.41, 5.74) is 1.12. The maximum Gasteiger partial charge on any atom is 0.231 e. The van der Waals surface area contributed by atoms with Gasteiger partial charge >= 0.3 is 0 Å². The van der Waals surface area contributed by atoms with Crippen LogP contribution in [0.4, 0.5) is 0 Å². The third-order valence-electron chi connectivity index (χ3n) is 6.57. The number of carbonyl (C=O) groups excluding carboxylic acids is 1. The molecule has 0 atom stereocenters. The number of nitrogens with zero attached hydrogens (tertiary/aromatic N) is 3.